The summed E-state index contributed by atoms with van der Waals surface area (Å²) in [5.41, 5.74) is 6.60. The predicted octanol–water partition coefficient (Wildman–Crippen LogP) is 3.00. The number of amides is 1. The molecule has 0 saturated carbocycles. The zero-order valence-electron chi connectivity index (χ0n) is 11.4. The lowest BCUT2D eigenvalue weighted by atomic mass is 9.92. The van der Waals surface area contributed by atoms with Crippen molar-refractivity contribution in [1.29, 1.82) is 0 Å². The minimum atomic E-state index is -0.578. The summed E-state index contributed by atoms with van der Waals surface area (Å²) in [5, 5.41) is 3.84. The molecule has 110 valence electrons. The highest BCUT2D eigenvalue weighted by molar-refractivity contribution is 5.96. The number of anilines is 1. The number of nitrogens with one attached hydrogen (secondary N) is 1. The van der Waals surface area contributed by atoms with Crippen LogP contribution in [0.5, 0.6) is 0 Å². The van der Waals surface area contributed by atoms with Crippen molar-refractivity contribution in [3.63, 3.8) is 0 Å². The monoisotopic (exact) mass is 315 g/mol. The smallest absolute Gasteiger partial charge is 0.231 e. The molecular weight excluding hydrogens is 297 g/mol. The van der Waals surface area contributed by atoms with Gasteiger partial charge in [-0.25, -0.2) is 0 Å². The lowest BCUT2D eigenvalue weighted by Crippen LogP contribution is -2.37. The number of rotatable bonds is 3. The van der Waals surface area contributed by atoms with Gasteiger partial charge in [-0.1, -0.05) is 18.2 Å². The van der Waals surface area contributed by atoms with Gasteiger partial charge in [0.15, 0.2) is 0 Å². The van der Waals surface area contributed by atoms with Crippen LogP contribution in [0.25, 0.3) is 10.9 Å². The second-order valence-corrected chi connectivity index (χ2v) is 4.96. The molecule has 4 nitrogen and oxygen atoms in total. The number of hydrogen-bond acceptors (Lipinski definition) is 3. The van der Waals surface area contributed by atoms with Crippen LogP contribution < -0.4 is 11.1 Å². The minimum absolute atomic E-state index is 0. The summed E-state index contributed by atoms with van der Waals surface area (Å²) >= 11 is 0. The molecule has 6 heteroatoms. The number of carbonyl (C=O) groups is 1. The topological polar surface area (TPSA) is 68.0 Å². The largest absolute Gasteiger partial charge is 0.329 e. The van der Waals surface area contributed by atoms with Gasteiger partial charge in [-0.2, -0.15) is 0 Å². The molecule has 0 aliphatic carbocycles. The van der Waals surface area contributed by atoms with Crippen LogP contribution >= 0.6 is 24.8 Å². The van der Waals surface area contributed by atoms with Gasteiger partial charge in [-0.3, -0.25) is 9.78 Å². The van der Waals surface area contributed by atoms with Crippen molar-refractivity contribution in [2.75, 3.05) is 11.9 Å². The Morgan fingerprint density at radius 2 is 1.95 bits per heavy atom. The van der Waals surface area contributed by atoms with Crippen LogP contribution in [0.2, 0.25) is 0 Å². The Balaban J connectivity index is 0.00000180. The standard InChI is InChI=1S/C14H17N3O.2ClH/c1-14(2,9-15)13(18)17-11-7-10-5-3-4-6-12(10)16-8-11;;/h3-8H,9,15H2,1-2H3,(H,17,18);2*1H. The number of nitrogens with two attached hydrogens (primary N) is 1. The molecule has 2 rings (SSSR count). The molecule has 0 radical (unpaired) electrons. The Hall–Kier alpha value is -1.36. The summed E-state index contributed by atoms with van der Waals surface area (Å²) in [6.45, 7) is 3.94. The van der Waals surface area contributed by atoms with Gasteiger partial charge in [0.2, 0.25) is 5.91 Å². The van der Waals surface area contributed by atoms with Crippen molar-refractivity contribution in [3.8, 4) is 0 Å². The quantitative estimate of drug-likeness (QED) is 0.914. The average molecular weight is 316 g/mol. The van der Waals surface area contributed by atoms with E-state index in [1.54, 1.807) is 6.20 Å². The Labute approximate surface area is 131 Å². The molecule has 0 unspecified atom stereocenters. The van der Waals surface area contributed by atoms with E-state index < -0.39 is 5.41 Å². The van der Waals surface area contributed by atoms with E-state index in [1.807, 2.05) is 44.2 Å². The number of aromatic nitrogens is 1. The molecule has 20 heavy (non-hydrogen) atoms. The Morgan fingerprint density at radius 1 is 1.30 bits per heavy atom. The maximum Gasteiger partial charge on any atom is 0.231 e. The van der Waals surface area contributed by atoms with Gasteiger partial charge >= 0.3 is 0 Å². The minimum Gasteiger partial charge on any atom is -0.329 e. The molecule has 3 N–H and O–H groups in total. The fraction of sp³-hybridized carbons (Fsp3) is 0.286. The maximum atomic E-state index is 12.0. The predicted molar refractivity (Wildman–Crippen MR) is 87.7 cm³/mol. The third-order valence-electron chi connectivity index (χ3n) is 2.97. The van der Waals surface area contributed by atoms with E-state index in [1.165, 1.54) is 0 Å². The van der Waals surface area contributed by atoms with Crippen molar-refractivity contribution >= 4 is 47.3 Å². The molecule has 1 heterocycles. The van der Waals surface area contributed by atoms with Crippen LogP contribution in [-0.4, -0.2) is 17.4 Å². The zero-order valence-corrected chi connectivity index (χ0v) is 13.1. The summed E-state index contributed by atoms with van der Waals surface area (Å²) < 4.78 is 0. The molecule has 0 spiro atoms. The Bertz CT molecular complexity index is 587. The molecule has 0 aliphatic heterocycles. The molecule has 1 aromatic heterocycles. The average Bonchev–Trinajstić information content (AvgIpc) is 2.38. The zero-order chi connectivity index (χ0) is 13.2. The highest BCUT2D eigenvalue weighted by atomic mass is 35.5. The van der Waals surface area contributed by atoms with Crippen molar-refractivity contribution < 1.29 is 4.79 Å². The van der Waals surface area contributed by atoms with Crippen LogP contribution in [0.15, 0.2) is 36.5 Å². The van der Waals surface area contributed by atoms with Gasteiger partial charge in [0.1, 0.15) is 0 Å². The second kappa shape index (κ2) is 7.43. The number of benzene rings is 1. The molecule has 0 aliphatic rings. The molecular formula is C14H19Cl2N3O. The first kappa shape index (κ1) is 18.6. The van der Waals surface area contributed by atoms with Crippen molar-refractivity contribution in [2.45, 2.75) is 13.8 Å². The number of fused-ring (bicyclic) bond motifs is 1. The van der Waals surface area contributed by atoms with Gasteiger partial charge in [0, 0.05) is 11.9 Å². The summed E-state index contributed by atoms with van der Waals surface area (Å²) in [6, 6.07) is 9.69. The summed E-state index contributed by atoms with van der Waals surface area (Å²) in [6.07, 6.45) is 1.66. The fourth-order valence-electron chi connectivity index (χ4n) is 1.53. The van der Waals surface area contributed by atoms with Crippen molar-refractivity contribution in [1.82, 2.24) is 4.98 Å². The van der Waals surface area contributed by atoms with E-state index in [0.29, 0.717) is 12.2 Å². The summed E-state index contributed by atoms with van der Waals surface area (Å²) in [7, 11) is 0. The first-order chi connectivity index (χ1) is 8.53. The number of nitrogens with zero attached hydrogens (tertiary/aromatic N) is 1. The van der Waals surface area contributed by atoms with Gasteiger partial charge in [0.25, 0.3) is 0 Å². The first-order valence-electron chi connectivity index (χ1n) is 5.89. The van der Waals surface area contributed by atoms with E-state index in [4.69, 9.17) is 5.73 Å². The van der Waals surface area contributed by atoms with E-state index in [-0.39, 0.29) is 30.7 Å². The maximum absolute atomic E-state index is 12.0. The van der Waals surface area contributed by atoms with Crippen LogP contribution in [-0.2, 0) is 4.79 Å². The van der Waals surface area contributed by atoms with E-state index in [9.17, 15) is 4.79 Å². The molecule has 2 aromatic rings. The molecule has 1 amide bonds. The van der Waals surface area contributed by atoms with E-state index in [0.717, 1.165) is 10.9 Å². The number of para-hydroxylation sites is 1. The molecule has 0 saturated heterocycles. The first-order valence-corrected chi connectivity index (χ1v) is 5.89. The molecule has 0 bridgehead atoms. The van der Waals surface area contributed by atoms with Crippen LogP contribution in [0, 0.1) is 5.41 Å². The molecule has 1 aromatic carbocycles. The third kappa shape index (κ3) is 4.07. The van der Waals surface area contributed by atoms with Crippen molar-refractivity contribution in [2.24, 2.45) is 11.1 Å². The highest BCUT2D eigenvalue weighted by Crippen LogP contribution is 2.19. The Kier molecular flexibility index (Phi) is 6.92. The Morgan fingerprint density at radius 3 is 2.60 bits per heavy atom. The normalized spacial score (nSPS) is 10.3. The number of halogens is 2. The molecule has 0 fully saturated rings. The van der Waals surface area contributed by atoms with Crippen LogP contribution in [0.1, 0.15) is 13.8 Å². The van der Waals surface area contributed by atoms with E-state index >= 15 is 0 Å². The molecule has 0 atom stereocenters. The lowest BCUT2D eigenvalue weighted by Gasteiger charge is -2.21. The number of carbonyl (C=O) groups excluding carboxylic acids is 1. The highest BCUT2D eigenvalue weighted by Gasteiger charge is 2.25. The lowest BCUT2D eigenvalue weighted by molar-refractivity contribution is -0.123. The van der Waals surface area contributed by atoms with Gasteiger partial charge in [-0.15, -0.1) is 24.8 Å². The van der Waals surface area contributed by atoms with Gasteiger partial charge in [-0.05, 0) is 26.0 Å². The number of hydrogen-bond donors (Lipinski definition) is 2. The summed E-state index contributed by atoms with van der Waals surface area (Å²) in [5.74, 6) is -0.0953. The second-order valence-electron chi connectivity index (χ2n) is 4.96. The van der Waals surface area contributed by atoms with Gasteiger partial charge in [0.05, 0.1) is 22.8 Å². The fourth-order valence-corrected chi connectivity index (χ4v) is 1.53. The summed E-state index contributed by atoms with van der Waals surface area (Å²) in [4.78, 5) is 16.3. The van der Waals surface area contributed by atoms with Crippen LogP contribution in [0.3, 0.4) is 0 Å². The van der Waals surface area contributed by atoms with Crippen molar-refractivity contribution in [3.05, 3.63) is 36.5 Å². The SMILES string of the molecule is CC(C)(CN)C(=O)Nc1cnc2ccccc2c1.Cl.Cl. The van der Waals surface area contributed by atoms with Gasteiger partial charge < -0.3 is 11.1 Å². The van der Waals surface area contributed by atoms with Crippen LogP contribution in [0.4, 0.5) is 5.69 Å². The van der Waals surface area contributed by atoms with E-state index in [2.05, 4.69) is 10.3 Å². The number of pyridine rings is 1. The third-order valence-corrected chi connectivity index (χ3v) is 2.97.